The number of primary amides is 1. The number of nitrogens with zero attached hydrogens (tertiary/aromatic N) is 1. The Bertz CT molecular complexity index is 445. The predicted octanol–water partition coefficient (Wildman–Crippen LogP) is 0.691. The molecular weight excluding hydrogens is 228 g/mol. The van der Waals surface area contributed by atoms with Crippen LogP contribution in [0.3, 0.4) is 0 Å². The standard InChI is InChI=1S/C13H20N4O/c1-2-15-6-7-16-13-10(12(14)18)8-9-4-3-5-11(9)17-13/h8,15H,2-7H2,1H3,(H2,14,18)(H,16,17). The molecular formula is C13H20N4O. The van der Waals surface area contributed by atoms with Crippen molar-refractivity contribution in [1.29, 1.82) is 0 Å². The van der Waals surface area contributed by atoms with Crippen LogP contribution in [0, 0.1) is 0 Å². The number of hydrogen-bond acceptors (Lipinski definition) is 4. The number of fused-ring (bicyclic) bond motifs is 1. The first-order valence-corrected chi connectivity index (χ1v) is 6.49. The Hall–Kier alpha value is -1.62. The van der Waals surface area contributed by atoms with Gasteiger partial charge < -0.3 is 16.4 Å². The number of amides is 1. The van der Waals surface area contributed by atoms with Crippen LogP contribution in [-0.2, 0) is 12.8 Å². The molecule has 0 bridgehead atoms. The first-order valence-electron chi connectivity index (χ1n) is 6.49. The number of carbonyl (C=O) groups is 1. The van der Waals surface area contributed by atoms with E-state index in [1.54, 1.807) is 0 Å². The van der Waals surface area contributed by atoms with E-state index in [4.69, 9.17) is 5.73 Å². The Labute approximate surface area is 107 Å². The summed E-state index contributed by atoms with van der Waals surface area (Å²) < 4.78 is 0. The van der Waals surface area contributed by atoms with Crippen molar-refractivity contribution in [2.24, 2.45) is 5.73 Å². The summed E-state index contributed by atoms with van der Waals surface area (Å²) >= 11 is 0. The van der Waals surface area contributed by atoms with E-state index >= 15 is 0 Å². The molecule has 0 saturated carbocycles. The molecule has 1 heterocycles. The molecule has 4 N–H and O–H groups in total. The summed E-state index contributed by atoms with van der Waals surface area (Å²) in [5.41, 5.74) is 8.18. The molecule has 0 unspecified atom stereocenters. The van der Waals surface area contributed by atoms with Crippen molar-refractivity contribution in [2.45, 2.75) is 26.2 Å². The SMILES string of the molecule is CCNCCNc1nc2c(cc1C(N)=O)CCC2. The van der Waals surface area contributed by atoms with Crippen LogP contribution in [0.1, 0.15) is 35.0 Å². The Kier molecular flexibility index (Phi) is 4.15. The monoisotopic (exact) mass is 248 g/mol. The highest BCUT2D eigenvalue weighted by Gasteiger charge is 2.18. The van der Waals surface area contributed by atoms with E-state index in [-0.39, 0.29) is 0 Å². The molecule has 0 atom stereocenters. The van der Waals surface area contributed by atoms with E-state index in [9.17, 15) is 4.79 Å². The quantitative estimate of drug-likeness (QED) is 0.647. The maximum Gasteiger partial charge on any atom is 0.252 e. The molecule has 2 rings (SSSR count). The van der Waals surface area contributed by atoms with Crippen molar-refractivity contribution < 1.29 is 4.79 Å². The number of aryl methyl sites for hydroxylation is 2. The van der Waals surface area contributed by atoms with Crippen LogP contribution in [0.2, 0.25) is 0 Å². The highest BCUT2D eigenvalue weighted by atomic mass is 16.1. The van der Waals surface area contributed by atoms with Crippen LogP contribution in [0.4, 0.5) is 5.82 Å². The zero-order valence-electron chi connectivity index (χ0n) is 10.8. The summed E-state index contributed by atoms with van der Waals surface area (Å²) in [6.45, 7) is 4.57. The first kappa shape index (κ1) is 12.8. The molecule has 1 amide bonds. The average Bonchev–Trinajstić information content (AvgIpc) is 2.80. The fourth-order valence-electron chi connectivity index (χ4n) is 2.24. The first-order chi connectivity index (χ1) is 8.72. The largest absolute Gasteiger partial charge is 0.368 e. The molecule has 5 nitrogen and oxygen atoms in total. The van der Waals surface area contributed by atoms with Crippen molar-refractivity contribution >= 4 is 11.7 Å². The van der Waals surface area contributed by atoms with Crippen LogP contribution in [0.5, 0.6) is 0 Å². The number of aromatic nitrogens is 1. The van der Waals surface area contributed by atoms with Gasteiger partial charge in [0.25, 0.3) is 5.91 Å². The topological polar surface area (TPSA) is 80.0 Å². The summed E-state index contributed by atoms with van der Waals surface area (Å²) in [4.78, 5) is 16.0. The fraction of sp³-hybridized carbons (Fsp3) is 0.538. The second kappa shape index (κ2) is 5.82. The van der Waals surface area contributed by atoms with Crippen molar-refractivity contribution in [2.75, 3.05) is 25.0 Å². The van der Waals surface area contributed by atoms with Gasteiger partial charge in [0.15, 0.2) is 0 Å². The Balaban J connectivity index is 2.14. The third-order valence-electron chi connectivity index (χ3n) is 3.16. The maximum absolute atomic E-state index is 11.4. The minimum atomic E-state index is -0.414. The van der Waals surface area contributed by atoms with Gasteiger partial charge >= 0.3 is 0 Å². The Morgan fingerprint density at radius 1 is 1.44 bits per heavy atom. The van der Waals surface area contributed by atoms with Gasteiger partial charge in [0, 0.05) is 18.8 Å². The van der Waals surface area contributed by atoms with E-state index in [1.807, 2.05) is 6.07 Å². The molecule has 5 heteroatoms. The van der Waals surface area contributed by atoms with E-state index < -0.39 is 5.91 Å². The summed E-state index contributed by atoms with van der Waals surface area (Å²) in [6.07, 6.45) is 3.11. The highest BCUT2D eigenvalue weighted by molar-refractivity contribution is 5.97. The number of likely N-dealkylation sites (N-methyl/N-ethyl adjacent to an activating group) is 1. The minimum absolute atomic E-state index is 0.414. The van der Waals surface area contributed by atoms with Crippen LogP contribution in [0.15, 0.2) is 6.07 Å². The number of anilines is 1. The van der Waals surface area contributed by atoms with Crippen molar-refractivity contribution in [3.05, 3.63) is 22.9 Å². The highest BCUT2D eigenvalue weighted by Crippen LogP contribution is 2.24. The Morgan fingerprint density at radius 2 is 2.28 bits per heavy atom. The van der Waals surface area contributed by atoms with Gasteiger partial charge in [-0.3, -0.25) is 4.79 Å². The molecule has 0 spiro atoms. The molecule has 0 aliphatic heterocycles. The van der Waals surface area contributed by atoms with Crippen LogP contribution >= 0.6 is 0 Å². The van der Waals surface area contributed by atoms with Gasteiger partial charge in [-0.1, -0.05) is 6.92 Å². The van der Waals surface area contributed by atoms with Gasteiger partial charge in [-0.05, 0) is 37.4 Å². The third kappa shape index (κ3) is 2.79. The number of nitrogens with one attached hydrogen (secondary N) is 2. The van der Waals surface area contributed by atoms with Gasteiger partial charge in [0.2, 0.25) is 0 Å². The van der Waals surface area contributed by atoms with E-state index in [2.05, 4.69) is 22.5 Å². The zero-order valence-corrected chi connectivity index (χ0v) is 10.8. The number of pyridine rings is 1. The zero-order chi connectivity index (χ0) is 13.0. The van der Waals surface area contributed by atoms with E-state index in [0.29, 0.717) is 11.4 Å². The lowest BCUT2D eigenvalue weighted by atomic mass is 10.1. The second-order valence-corrected chi connectivity index (χ2v) is 4.49. The van der Waals surface area contributed by atoms with Crippen LogP contribution in [-0.4, -0.2) is 30.5 Å². The van der Waals surface area contributed by atoms with E-state index in [0.717, 1.165) is 44.6 Å². The molecule has 98 valence electrons. The maximum atomic E-state index is 11.4. The van der Waals surface area contributed by atoms with Crippen LogP contribution in [0.25, 0.3) is 0 Å². The summed E-state index contributed by atoms with van der Waals surface area (Å²) in [5.74, 6) is 0.212. The average molecular weight is 248 g/mol. The number of rotatable bonds is 6. The lowest BCUT2D eigenvalue weighted by Crippen LogP contribution is -2.24. The fourth-order valence-corrected chi connectivity index (χ4v) is 2.24. The lowest BCUT2D eigenvalue weighted by molar-refractivity contribution is 0.100. The lowest BCUT2D eigenvalue weighted by Gasteiger charge is -2.11. The molecule has 1 aromatic heterocycles. The molecule has 1 aromatic rings. The minimum Gasteiger partial charge on any atom is -0.368 e. The third-order valence-corrected chi connectivity index (χ3v) is 3.16. The Morgan fingerprint density at radius 3 is 3.00 bits per heavy atom. The number of carbonyl (C=O) groups excluding carboxylic acids is 1. The predicted molar refractivity (Wildman–Crippen MR) is 71.8 cm³/mol. The van der Waals surface area contributed by atoms with E-state index in [1.165, 1.54) is 5.56 Å². The van der Waals surface area contributed by atoms with Gasteiger partial charge in [-0.2, -0.15) is 0 Å². The smallest absolute Gasteiger partial charge is 0.252 e. The number of hydrogen-bond donors (Lipinski definition) is 3. The molecule has 0 aromatic carbocycles. The molecule has 0 saturated heterocycles. The summed E-state index contributed by atoms with van der Waals surface area (Å²) in [5, 5.41) is 6.40. The second-order valence-electron chi connectivity index (χ2n) is 4.49. The van der Waals surface area contributed by atoms with Gasteiger partial charge in [-0.15, -0.1) is 0 Å². The van der Waals surface area contributed by atoms with Gasteiger partial charge in [-0.25, -0.2) is 4.98 Å². The van der Waals surface area contributed by atoms with Gasteiger partial charge in [0.05, 0.1) is 5.56 Å². The molecule has 0 fully saturated rings. The van der Waals surface area contributed by atoms with Crippen LogP contribution < -0.4 is 16.4 Å². The van der Waals surface area contributed by atoms with Crippen molar-refractivity contribution in [3.63, 3.8) is 0 Å². The van der Waals surface area contributed by atoms with Crippen molar-refractivity contribution in [3.8, 4) is 0 Å². The molecule has 0 radical (unpaired) electrons. The summed E-state index contributed by atoms with van der Waals surface area (Å²) in [6, 6.07) is 1.90. The summed E-state index contributed by atoms with van der Waals surface area (Å²) in [7, 11) is 0. The molecule has 1 aliphatic carbocycles. The number of nitrogens with two attached hydrogens (primary N) is 1. The molecule has 1 aliphatic rings. The normalized spacial score (nSPS) is 13.4. The van der Waals surface area contributed by atoms with Crippen molar-refractivity contribution in [1.82, 2.24) is 10.3 Å². The van der Waals surface area contributed by atoms with Gasteiger partial charge in [0.1, 0.15) is 5.82 Å². The molecule has 18 heavy (non-hydrogen) atoms.